The molecule has 0 bridgehead atoms. The monoisotopic (exact) mass is 540 g/mol. The Labute approximate surface area is 224 Å². The van der Waals surface area contributed by atoms with E-state index in [1.54, 1.807) is 32.1 Å². The van der Waals surface area contributed by atoms with Crippen molar-refractivity contribution >= 4 is 35.0 Å². The van der Waals surface area contributed by atoms with Crippen molar-refractivity contribution in [1.82, 2.24) is 4.57 Å². The molecule has 1 aliphatic rings. The van der Waals surface area contributed by atoms with E-state index in [0.717, 1.165) is 5.56 Å². The van der Waals surface area contributed by atoms with Crippen LogP contribution in [0.5, 0.6) is 11.5 Å². The summed E-state index contributed by atoms with van der Waals surface area (Å²) in [4.78, 5) is 31.9. The quantitative estimate of drug-likeness (QED) is 0.389. The maximum absolute atomic E-state index is 13.8. The SMILES string of the molecule is CCOC(=O)C1=C(C)N=c2s/c(=C\c3ccc(OC(C)C)c(OCC)c3)c(=O)n2[C@@H]1c1ccccc1Cl. The Morgan fingerprint density at radius 2 is 1.92 bits per heavy atom. The van der Waals surface area contributed by atoms with E-state index in [2.05, 4.69) is 4.99 Å². The summed E-state index contributed by atoms with van der Waals surface area (Å²) in [7, 11) is 0. The molecule has 0 amide bonds. The lowest BCUT2D eigenvalue weighted by molar-refractivity contribution is -0.139. The van der Waals surface area contributed by atoms with E-state index in [4.69, 9.17) is 25.8 Å². The standard InChI is InChI=1S/C28H29ClN2O5S/c1-6-34-22-14-18(12-13-21(22)36-16(3)4)15-23-26(32)31-25(19-10-8-9-11-20(19)29)24(27(33)35-7-2)17(5)30-28(31)37-23/h8-16,25H,6-7H2,1-5H3/b23-15-/t25-/m1/s1. The zero-order chi connectivity index (χ0) is 26.7. The fourth-order valence-electron chi connectivity index (χ4n) is 4.17. The Morgan fingerprint density at radius 3 is 2.59 bits per heavy atom. The van der Waals surface area contributed by atoms with Crippen molar-refractivity contribution < 1.29 is 19.0 Å². The second-order valence-electron chi connectivity index (χ2n) is 8.63. The van der Waals surface area contributed by atoms with Crippen LogP contribution in [0.4, 0.5) is 0 Å². The van der Waals surface area contributed by atoms with Crippen molar-refractivity contribution in [2.45, 2.75) is 46.8 Å². The molecule has 0 spiro atoms. The van der Waals surface area contributed by atoms with Crippen LogP contribution < -0.4 is 24.4 Å². The number of ether oxygens (including phenoxy) is 3. The number of benzene rings is 2. The van der Waals surface area contributed by atoms with Gasteiger partial charge in [-0.25, -0.2) is 9.79 Å². The maximum atomic E-state index is 13.8. The first-order valence-electron chi connectivity index (χ1n) is 12.1. The van der Waals surface area contributed by atoms with Gasteiger partial charge in [-0.1, -0.05) is 47.2 Å². The molecule has 4 rings (SSSR count). The predicted molar refractivity (Wildman–Crippen MR) is 145 cm³/mol. The molecule has 1 atom stereocenters. The first-order valence-corrected chi connectivity index (χ1v) is 13.3. The molecule has 0 N–H and O–H groups in total. The van der Waals surface area contributed by atoms with Gasteiger partial charge in [0.25, 0.3) is 5.56 Å². The minimum atomic E-state index is -0.757. The molecule has 7 nitrogen and oxygen atoms in total. The number of carbonyl (C=O) groups is 1. The van der Waals surface area contributed by atoms with Crippen molar-refractivity contribution in [3.8, 4) is 11.5 Å². The highest BCUT2D eigenvalue weighted by Gasteiger charge is 2.34. The van der Waals surface area contributed by atoms with Crippen molar-refractivity contribution in [3.05, 3.63) is 89.6 Å². The average molecular weight is 541 g/mol. The number of rotatable bonds is 8. The van der Waals surface area contributed by atoms with E-state index in [1.165, 1.54) is 15.9 Å². The van der Waals surface area contributed by atoms with E-state index in [9.17, 15) is 9.59 Å². The van der Waals surface area contributed by atoms with Crippen LogP contribution in [0.25, 0.3) is 6.08 Å². The third kappa shape index (κ3) is 5.50. The molecule has 0 unspecified atom stereocenters. The lowest BCUT2D eigenvalue weighted by Crippen LogP contribution is -2.40. The molecule has 0 radical (unpaired) electrons. The average Bonchev–Trinajstić information content (AvgIpc) is 3.14. The molecule has 2 aromatic carbocycles. The minimum absolute atomic E-state index is 0.00427. The molecular weight excluding hydrogens is 512 g/mol. The highest BCUT2D eigenvalue weighted by atomic mass is 35.5. The Balaban J connectivity index is 1.89. The molecule has 9 heteroatoms. The fourth-order valence-corrected chi connectivity index (χ4v) is 5.45. The van der Waals surface area contributed by atoms with Crippen LogP contribution in [-0.4, -0.2) is 29.9 Å². The van der Waals surface area contributed by atoms with E-state index in [0.29, 0.717) is 49.3 Å². The smallest absolute Gasteiger partial charge is 0.338 e. The molecule has 0 saturated heterocycles. The molecule has 3 aromatic rings. The van der Waals surface area contributed by atoms with Gasteiger partial charge in [-0.2, -0.15) is 0 Å². The van der Waals surface area contributed by atoms with E-state index in [-0.39, 0.29) is 18.3 Å². The summed E-state index contributed by atoms with van der Waals surface area (Å²) in [5.74, 6) is 0.723. The normalized spacial score (nSPS) is 15.4. The number of nitrogens with zero attached hydrogens (tertiary/aromatic N) is 2. The highest BCUT2D eigenvalue weighted by molar-refractivity contribution is 7.07. The van der Waals surface area contributed by atoms with E-state index in [1.807, 2.05) is 51.1 Å². The molecule has 0 saturated carbocycles. The van der Waals surface area contributed by atoms with Crippen LogP contribution in [0.2, 0.25) is 5.02 Å². The van der Waals surface area contributed by atoms with Crippen molar-refractivity contribution in [2.75, 3.05) is 13.2 Å². The molecule has 1 aliphatic heterocycles. The zero-order valence-corrected chi connectivity index (χ0v) is 23.0. The Kier molecular flexibility index (Phi) is 8.19. The van der Waals surface area contributed by atoms with Crippen LogP contribution in [0.15, 0.2) is 63.5 Å². The number of thiazole rings is 1. The molecule has 194 valence electrons. The van der Waals surface area contributed by atoms with Crippen LogP contribution >= 0.6 is 22.9 Å². The largest absolute Gasteiger partial charge is 0.490 e. The van der Waals surface area contributed by atoms with Crippen molar-refractivity contribution in [2.24, 2.45) is 4.99 Å². The molecule has 1 aromatic heterocycles. The van der Waals surface area contributed by atoms with Crippen LogP contribution in [0.3, 0.4) is 0 Å². The Morgan fingerprint density at radius 1 is 1.16 bits per heavy atom. The summed E-state index contributed by atoms with van der Waals surface area (Å²) in [5.41, 5.74) is 1.92. The number of fused-ring (bicyclic) bond motifs is 1. The lowest BCUT2D eigenvalue weighted by Gasteiger charge is -2.25. The number of halogens is 1. The number of allylic oxidation sites excluding steroid dienone is 1. The fraction of sp³-hybridized carbons (Fsp3) is 0.321. The van der Waals surface area contributed by atoms with Gasteiger partial charge in [0.15, 0.2) is 16.3 Å². The van der Waals surface area contributed by atoms with Gasteiger partial charge in [-0.15, -0.1) is 0 Å². The molecule has 0 aliphatic carbocycles. The number of hydrogen-bond acceptors (Lipinski definition) is 7. The Hall–Kier alpha value is -3.36. The summed E-state index contributed by atoms with van der Waals surface area (Å²) in [5, 5.41) is 0.445. The summed E-state index contributed by atoms with van der Waals surface area (Å²) in [6, 6.07) is 12.0. The van der Waals surface area contributed by atoms with Gasteiger partial charge in [-0.3, -0.25) is 9.36 Å². The second-order valence-corrected chi connectivity index (χ2v) is 10.0. The number of aromatic nitrogens is 1. The first-order chi connectivity index (χ1) is 17.7. The third-order valence-corrected chi connectivity index (χ3v) is 6.97. The van der Waals surface area contributed by atoms with Gasteiger partial charge >= 0.3 is 5.97 Å². The molecule has 2 heterocycles. The predicted octanol–water partition coefficient (Wildman–Crippen LogP) is 4.64. The van der Waals surface area contributed by atoms with Crippen LogP contribution in [-0.2, 0) is 9.53 Å². The summed E-state index contributed by atoms with van der Waals surface area (Å²) >= 11 is 7.81. The molecular formula is C28H29ClN2O5S. The number of esters is 1. The molecule has 37 heavy (non-hydrogen) atoms. The van der Waals surface area contributed by atoms with Crippen molar-refractivity contribution in [3.63, 3.8) is 0 Å². The van der Waals surface area contributed by atoms with Gasteiger partial charge in [0.05, 0.1) is 35.1 Å². The first kappa shape index (κ1) is 26.7. The van der Waals surface area contributed by atoms with E-state index >= 15 is 0 Å². The van der Waals surface area contributed by atoms with E-state index < -0.39 is 12.0 Å². The van der Waals surface area contributed by atoms with Gasteiger partial charge in [0.2, 0.25) is 0 Å². The minimum Gasteiger partial charge on any atom is -0.490 e. The van der Waals surface area contributed by atoms with Crippen LogP contribution in [0, 0.1) is 0 Å². The van der Waals surface area contributed by atoms with Crippen LogP contribution in [0.1, 0.15) is 51.8 Å². The van der Waals surface area contributed by atoms with Gasteiger partial charge in [0.1, 0.15) is 6.04 Å². The van der Waals surface area contributed by atoms with Gasteiger partial charge in [-0.05, 0) is 70.0 Å². The number of carbonyl (C=O) groups excluding carboxylic acids is 1. The third-order valence-electron chi connectivity index (χ3n) is 5.64. The Bertz CT molecular complexity index is 1540. The summed E-state index contributed by atoms with van der Waals surface area (Å²) < 4.78 is 19.0. The summed E-state index contributed by atoms with van der Waals surface area (Å²) in [6.07, 6.45) is 1.79. The van der Waals surface area contributed by atoms with Gasteiger partial charge in [0, 0.05) is 5.02 Å². The highest BCUT2D eigenvalue weighted by Crippen LogP contribution is 2.34. The number of hydrogen-bond donors (Lipinski definition) is 0. The summed E-state index contributed by atoms with van der Waals surface area (Å²) in [6.45, 7) is 9.97. The zero-order valence-electron chi connectivity index (χ0n) is 21.4. The lowest BCUT2D eigenvalue weighted by atomic mass is 9.96. The van der Waals surface area contributed by atoms with Gasteiger partial charge < -0.3 is 14.2 Å². The maximum Gasteiger partial charge on any atom is 0.338 e. The van der Waals surface area contributed by atoms with Crippen molar-refractivity contribution in [1.29, 1.82) is 0 Å². The second kappa shape index (κ2) is 11.4. The topological polar surface area (TPSA) is 79.1 Å². The molecule has 0 fully saturated rings.